The van der Waals surface area contributed by atoms with Crippen LogP contribution in [0, 0.1) is 0 Å². The summed E-state index contributed by atoms with van der Waals surface area (Å²) >= 11 is 5.80. The molecule has 0 aromatic carbocycles. The third kappa shape index (κ3) is 2.70. The van der Waals surface area contributed by atoms with Gasteiger partial charge in [0.2, 0.25) is 11.2 Å². The summed E-state index contributed by atoms with van der Waals surface area (Å²) in [7, 11) is 1.40. The third-order valence-electron chi connectivity index (χ3n) is 2.90. The summed E-state index contributed by atoms with van der Waals surface area (Å²) in [5, 5.41) is -0.0356. The predicted molar refractivity (Wildman–Crippen MR) is 74.1 cm³/mol. The van der Waals surface area contributed by atoms with E-state index in [4.69, 9.17) is 26.6 Å². The number of methoxy groups -OCH3 is 1. The van der Waals surface area contributed by atoms with Gasteiger partial charge in [-0.1, -0.05) is 0 Å². The molecule has 108 valence electrons. The molecule has 1 aliphatic heterocycles. The molecule has 20 heavy (non-hydrogen) atoms. The first-order chi connectivity index (χ1) is 11.2. The highest BCUT2D eigenvalue weighted by molar-refractivity contribution is 6.28. The van der Waals surface area contributed by atoms with E-state index in [-0.39, 0.29) is 36.5 Å². The molecule has 3 heterocycles. The highest BCUT2D eigenvalue weighted by atomic mass is 35.5. The van der Waals surface area contributed by atoms with Gasteiger partial charge in [0.1, 0.15) is 0 Å². The van der Waals surface area contributed by atoms with Crippen molar-refractivity contribution in [3.05, 3.63) is 11.6 Å². The lowest BCUT2D eigenvalue weighted by atomic mass is 10.4. The van der Waals surface area contributed by atoms with Crippen molar-refractivity contribution in [1.82, 2.24) is 24.4 Å². The maximum absolute atomic E-state index is 8.40. The fourth-order valence-corrected chi connectivity index (χ4v) is 2.06. The van der Waals surface area contributed by atoms with Gasteiger partial charge in [0, 0.05) is 26.1 Å². The second-order valence-electron chi connectivity index (χ2n) is 4.15. The Hall–Kier alpha value is -1.44. The molecule has 8 heteroatoms. The van der Waals surface area contributed by atoms with E-state index in [1.807, 2.05) is 0 Å². The van der Waals surface area contributed by atoms with E-state index in [1.165, 1.54) is 18.0 Å². The van der Waals surface area contributed by atoms with Crippen molar-refractivity contribution >= 4 is 22.8 Å². The Morgan fingerprint density at radius 3 is 3.25 bits per heavy atom. The number of rotatable bonds is 4. The lowest BCUT2D eigenvalue weighted by Gasteiger charge is -2.26. The zero-order chi connectivity index (χ0) is 17.5. The highest BCUT2D eigenvalue weighted by Gasteiger charge is 2.15. The Balaban J connectivity index is 1.93. The van der Waals surface area contributed by atoms with Crippen LogP contribution in [-0.2, 0) is 11.2 Å². The van der Waals surface area contributed by atoms with Crippen LogP contribution in [-0.4, -0.2) is 64.3 Å². The lowest BCUT2D eigenvalue weighted by Crippen LogP contribution is -2.38. The average molecular weight is 302 g/mol. The summed E-state index contributed by atoms with van der Waals surface area (Å²) in [6.45, 7) is -3.10. The highest BCUT2D eigenvalue weighted by Crippen LogP contribution is 2.23. The SMILES string of the molecule is [2H]C1([2H])CN(CC([2H])([2H])n2cnc3nc(Cl)nc(OC)c32)CCO1. The summed E-state index contributed by atoms with van der Waals surface area (Å²) in [6, 6.07) is 0. The van der Waals surface area contributed by atoms with Crippen LogP contribution in [0.4, 0.5) is 0 Å². The number of aromatic nitrogens is 4. The molecular weight excluding hydrogens is 282 g/mol. The Morgan fingerprint density at radius 2 is 2.45 bits per heavy atom. The summed E-state index contributed by atoms with van der Waals surface area (Å²) in [6.07, 6.45) is 1.31. The van der Waals surface area contributed by atoms with Crippen molar-refractivity contribution in [2.75, 3.05) is 39.9 Å². The van der Waals surface area contributed by atoms with Gasteiger partial charge < -0.3 is 14.0 Å². The number of hydrogen-bond acceptors (Lipinski definition) is 6. The van der Waals surface area contributed by atoms with Gasteiger partial charge in [0.25, 0.3) is 0 Å². The first kappa shape index (κ1) is 9.49. The molecule has 0 atom stereocenters. The fraction of sp³-hybridized carbons (Fsp3) is 0.583. The minimum atomic E-state index is -1.88. The summed E-state index contributed by atoms with van der Waals surface area (Å²) in [5.74, 6) is 0.128. The topological polar surface area (TPSA) is 65.3 Å². The van der Waals surface area contributed by atoms with Crippen molar-refractivity contribution < 1.29 is 15.0 Å². The Kier molecular flexibility index (Phi) is 2.80. The third-order valence-corrected chi connectivity index (χ3v) is 3.07. The van der Waals surface area contributed by atoms with Crippen molar-refractivity contribution in [3.8, 4) is 5.88 Å². The first-order valence-electron chi connectivity index (χ1n) is 8.03. The standard InChI is InChI=1S/C12H16ClN5O2/c1-19-11-9-10(15-12(13)16-11)14-8-18(9)3-2-17-4-6-20-7-5-17/h8H,2-7H2,1H3/i3D2,6D2. The van der Waals surface area contributed by atoms with Crippen LogP contribution in [0.15, 0.2) is 6.33 Å². The van der Waals surface area contributed by atoms with Gasteiger partial charge in [-0.3, -0.25) is 4.90 Å². The van der Waals surface area contributed by atoms with Crippen molar-refractivity contribution in [3.63, 3.8) is 0 Å². The smallest absolute Gasteiger partial charge is 0.244 e. The van der Waals surface area contributed by atoms with Crippen molar-refractivity contribution in [2.24, 2.45) is 0 Å². The van der Waals surface area contributed by atoms with Gasteiger partial charge in [0.05, 0.1) is 32.1 Å². The Bertz CT molecular complexity index is 756. The van der Waals surface area contributed by atoms with E-state index in [9.17, 15) is 0 Å². The zero-order valence-corrected chi connectivity index (χ0v) is 11.6. The molecular formula is C12H16ClN5O2. The van der Waals surface area contributed by atoms with Crippen LogP contribution in [0.2, 0.25) is 5.28 Å². The quantitative estimate of drug-likeness (QED) is 0.779. The first-order valence-corrected chi connectivity index (χ1v) is 6.41. The van der Waals surface area contributed by atoms with E-state index in [2.05, 4.69) is 15.0 Å². The summed E-state index contributed by atoms with van der Waals surface area (Å²) in [4.78, 5) is 13.6. The molecule has 0 N–H and O–H groups in total. The number of hydrogen-bond donors (Lipinski definition) is 0. The van der Waals surface area contributed by atoms with Gasteiger partial charge in [-0.15, -0.1) is 0 Å². The summed E-state index contributed by atoms with van der Waals surface area (Å²) in [5.41, 5.74) is 0.524. The summed E-state index contributed by atoms with van der Waals surface area (Å²) < 4.78 is 43.6. The molecule has 0 radical (unpaired) electrons. The molecule has 1 aliphatic rings. The molecule has 3 rings (SSSR count). The molecule has 0 spiro atoms. The van der Waals surface area contributed by atoms with Crippen LogP contribution in [0.1, 0.15) is 5.48 Å². The average Bonchev–Trinajstić information content (AvgIpc) is 2.89. The van der Waals surface area contributed by atoms with Crippen LogP contribution in [0.25, 0.3) is 11.2 Å². The molecule has 0 unspecified atom stereocenters. The van der Waals surface area contributed by atoms with Gasteiger partial charge in [0.15, 0.2) is 11.2 Å². The number of ether oxygens (including phenoxy) is 2. The Labute approximate surface area is 127 Å². The van der Waals surface area contributed by atoms with Crippen LogP contribution in [0.3, 0.4) is 0 Å². The molecule has 0 aliphatic carbocycles. The monoisotopic (exact) mass is 301 g/mol. The largest absolute Gasteiger partial charge is 0.479 e. The van der Waals surface area contributed by atoms with E-state index >= 15 is 0 Å². The molecule has 2 aromatic heterocycles. The van der Waals surface area contributed by atoms with Gasteiger partial charge >= 0.3 is 0 Å². The second kappa shape index (κ2) is 5.90. The molecule has 7 nitrogen and oxygen atoms in total. The van der Waals surface area contributed by atoms with Gasteiger partial charge in [-0.25, -0.2) is 4.98 Å². The number of fused-ring (bicyclic) bond motifs is 1. The Morgan fingerprint density at radius 1 is 1.55 bits per heavy atom. The normalized spacial score (nSPS) is 22.9. The minimum absolute atomic E-state index is 0.0153. The molecule has 1 fully saturated rings. The van der Waals surface area contributed by atoms with E-state index in [1.54, 1.807) is 4.90 Å². The van der Waals surface area contributed by atoms with E-state index < -0.39 is 13.1 Å². The van der Waals surface area contributed by atoms with Crippen molar-refractivity contribution in [2.45, 2.75) is 6.50 Å². The van der Waals surface area contributed by atoms with Crippen molar-refractivity contribution in [1.29, 1.82) is 0 Å². The van der Waals surface area contributed by atoms with Crippen LogP contribution in [0.5, 0.6) is 5.88 Å². The van der Waals surface area contributed by atoms with Crippen LogP contribution < -0.4 is 4.74 Å². The molecule has 2 aromatic rings. The fourth-order valence-electron chi connectivity index (χ4n) is 1.90. The number of nitrogens with zero attached hydrogens (tertiary/aromatic N) is 5. The number of imidazole rings is 1. The molecule has 0 amide bonds. The predicted octanol–water partition coefficient (Wildman–Crippen LogP) is 0.821. The van der Waals surface area contributed by atoms with E-state index in [0.717, 1.165) is 0 Å². The van der Waals surface area contributed by atoms with E-state index in [0.29, 0.717) is 12.1 Å². The maximum Gasteiger partial charge on any atom is 0.244 e. The lowest BCUT2D eigenvalue weighted by molar-refractivity contribution is 0.0365. The second-order valence-corrected chi connectivity index (χ2v) is 4.49. The van der Waals surface area contributed by atoms with Crippen LogP contribution >= 0.6 is 11.6 Å². The number of halogens is 1. The molecule has 0 saturated carbocycles. The molecule has 1 saturated heterocycles. The van der Waals surface area contributed by atoms with Gasteiger partial charge in [-0.05, 0) is 11.6 Å². The minimum Gasteiger partial charge on any atom is -0.479 e. The number of morpholine rings is 1. The molecule has 0 bridgehead atoms. The van der Waals surface area contributed by atoms with Gasteiger partial charge in [-0.2, -0.15) is 9.97 Å². The zero-order valence-electron chi connectivity index (χ0n) is 14.8. The maximum atomic E-state index is 8.40.